The number of aliphatic hydroxyl groups excluding tert-OH is 1. The Balaban J connectivity index is 1.57. The fourth-order valence-electron chi connectivity index (χ4n) is 6.76. The Morgan fingerprint density at radius 1 is 1.00 bits per heavy atom. The fraction of sp³-hybridized carbons (Fsp3) is 0.395. The van der Waals surface area contributed by atoms with Gasteiger partial charge >= 0.3 is 11.9 Å². The minimum absolute atomic E-state index is 0.0776. The third-order valence-electron chi connectivity index (χ3n) is 9.96. The summed E-state index contributed by atoms with van der Waals surface area (Å²) in [7, 11) is -2.77. The van der Waals surface area contributed by atoms with Gasteiger partial charge in [0.1, 0.15) is 23.3 Å². The number of sulfonamides is 1. The van der Waals surface area contributed by atoms with Gasteiger partial charge in [-0.3, -0.25) is 9.59 Å². The first-order chi connectivity index (χ1) is 25.4. The van der Waals surface area contributed by atoms with Crippen molar-refractivity contribution in [2.45, 2.75) is 76.6 Å². The average Bonchev–Trinajstić information content (AvgIpc) is 3.75. The fourth-order valence-corrected chi connectivity index (χ4v) is 7.86. The van der Waals surface area contributed by atoms with E-state index < -0.39 is 68.4 Å². The van der Waals surface area contributed by atoms with E-state index in [1.807, 2.05) is 4.72 Å². The minimum Gasteiger partial charge on any atom is -0.497 e. The summed E-state index contributed by atoms with van der Waals surface area (Å²) < 4.78 is 38.2. The number of ether oxygens (including phenoxy) is 1. The number of nitrogens with zero attached hydrogens (tertiary/aromatic N) is 3. The third kappa shape index (κ3) is 7.77. The number of carbonyl (C=O) groups excluding carboxylic acids is 4. The van der Waals surface area contributed by atoms with Crippen LogP contribution in [0.2, 0.25) is 5.02 Å². The van der Waals surface area contributed by atoms with Gasteiger partial charge in [0.15, 0.2) is 11.7 Å². The lowest BCUT2D eigenvalue weighted by molar-refractivity contribution is -0.789. The zero-order valence-corrected chi connectivity index (χ0v) is 32.4. The van der Waals surface area contributed by atoms with Crippen molar-refractivity contribution in [1.82, 2.24) is 14.6 Å². The van der Waals surface area contributed by atoms with Crippen molar-refractivity contribution in [2.24, 2.45) is 17.6 Å². The SMILES string of the molecule is COc1ccc2oc(C(O)C(C(C)C)N(C(=O)c3ccc(C(=O)NS(=O)(=O)c4ccc(Cl)cc4)cc3)C(=O)[N@@+]3(C(=O)C(N)C(C)C)CCCC3C)nc2c1. The van der Waals surface area contributed by atoms with E-state index in [1.165, 1.54) is 55.6 Å². The number of urea groups is 1. The summed E-state index contributed by atoms with van der Waals surface area (Å²) in [5.41, 5.74) is 6.93. The number of amides is 5. The van der Waals surface area contributed by atoms with Crippen molar-refractivity contribution in [3.05, 3.63) is 88.8 Å². The molecule has 1 aliphatic heterocycles. The second-order valence-corrected chi connectivity index (χ2v) is 16.3. The number of hydrogen-bond acceptors (Lipinski definition) is 11. The van der Waals surface area contributed by atoms with Crippen LogP contribution in [0.3, 0.4) is 0 Å². The van der Waals surface area contributed by atoms with E-state index in [0.717, 1.165) is 4.90 Å². The first-order valence-corrected chi connectivity index (χ1v) is 19.4. The Bertz CT molecular complexity index is 2160. The summed E-state index contributed by atoms with van der Waals surface area (Å²) in [6.45, 7) is 8.82. The van der Waals surface area contributed by atoms with Crippen LogP contribution >= 0.6 is 11.6 Å². The standard InChI is InChI=1S/C38H44ClN5O9S/c1-21(2)31(40)37(48)44(19-7-8-23(44)5)38(49)43(32(22(3)4)33(45)35-41-29-20-27(52-6)15-18-30(29)53-35)36(47)25-11-9-24(10-12-25)34(46)42-54(50,51)28-16-13-26(39)14-17-28/h9-18,20-23,31-33,45H,7-8,19,40H2,1-6H3/p+1/t23?,31?,32?,33?,44-/m0/s1. The van der Waals surface area contributed by atoms with Gasteiger partial charge in [-0.15, -0.1) is 0 Å². The number of benzene rings is 3. The summed E-state index contributed by atoms with van der Waals surface area (Å²) in [4.78, 5) is 62.4. The quantitative estimate of drug-likeness (QED) is 0.164. The van der Waals surface area contributed by atoms with Crippen LogP contribution in [-0.4, -0.2) is 83.4 Å². The molecule has 16 heteroatoms. The molecule has 1 fully saturated rings. The number of aromatic nitrogens is 1. The molecule has 288 valence electrons. The number of nitrogens with one attached hydrogen (secondary N) is 1. The van der Waals surface area contributed by atoms with Crippen molar-refractivity contribution >= 4 is 56.5 Å². The van der Waals surface area contributed by atoms with Gasteiger partial charge in [0.25, 0.3) is 21.8 Å². The molecule has 0 radical (unpaired) electrons. The third-order valence-corrected chi connectivity index (χ3v) is 11.6. The van der Waals surface area contributed by atoms with Crippen LogP contribution < -0.4 is 15.2 Å². The second-order valence-electron chi connectivity index (χ2n) is 14.2. The molecule has 5 amide bonds. The predicted octanol–water partition coefficient (Wildman–Crippen LogP) is 5.44. The van der Waals surface area contributed by atoms with Crippen molar-refractivity contribution in [1.29, 1.82) is 0 Å². The Kier molecular flexibility index (Phi) is 12.0. The maximum atomic E-state index is 15.2. The van der Waals surface area contributed by atoms with E-state index >= 15 is 4.79 Å². The second kappa shape index (κ2) is 16.0. The van der Waals surface area contributed by atoms with E-state index in [0.29, 0.717) is 34.7 Å². The molecule has 5 atom stereocenters. The molecule has 4 aromatic rings. The van der Waals surface area contributed by atoms with Crippen LogP contribution in [0.25, 0.3) is 11.1 Å². The molecule has 2 heterocycles. The number of likely N-dealkylation sites (tertiary alicyclic amines) is 1. The zero-order chi connectivity index (χ0) is 39.7. The molecular weight excluding hydrogens is 738 g/mol. The Morgan fingerprint density at radius 2 is 1.63 bits per heavy atom. The van der Waals surface area contributed by atoms with Crippen LogP contribution in [-0.2, 0) is 14.8 Å². The van der Waals surface area contributed by atoms with Crippen LogP contribution in [0.5, 0.6) is 5.75 Å². The lowest BCUT2D eigenvalue weighted by Gasteiger charge is -2.42. The molecule has 1 aromatic heterocycles. The molecule has 0 aliphatic carbocycles. The van der Waals surface area contributed by atoms with Crippen LogP contribution in [0, 0.1) is 11.8 Å². The van der Waals surface area contributed by atoms with Gasteiger partial charge in [-0.2, -0.15) is 4.48 Å². The summed E-state index contributed by atoms with van der Waals surface area (Å²) in [5.74, 6) is -2.98. The van der Waals surface area contributed by atoms with Gasteiger partial charge < -0.3 is 20.0 Å². The highest BCUT2D eigenvalue weighted by Gasteiger charge is 2.59. The van der Waals surface area contributed by atoms with Crippen LogP contribution in [0.15, 0.2) is 76.0 Å². The molecule has 4 N–H and O–H groups in total. The molecule has 14 nitrogen and oxygen atoms in total. The van der Waals surface area contributed by atoms with Crippen molar-refractivity contribution < 1.29 is 46.3 Å². The number of fused-ring (bicyclic) bond motifs is 1. The molecule has 5 rings (SSSR count). The summed E-state index contributed by atoms with van der Waals surface area (Å²) in [5, 5.41) is 12.3. The van der Waals surface area contributed by atoms with E-state index in [1.54, 1.807) is 52.8 Å². The number of imide groups is 2. The number of quaternary nitrogens is 1. The molecule has 3 aromatic carbocycles. The smallest absolute Gasteiger partial charge is 0.434 e. The maximum absolute atomic E-state index is 15.2. The summed E-state index contributed by atoms with van der Waals surface area (Å²) in [6.07, 6.45) is -0.628. The topological polar surface area (TPSA) is 199 Å². The van der Waals surface area contributed by atoms with Gasteiger partial charge in [-0.25, -0.2) is 32.6 Å². The lowest BCUT2D eigenvalue weighted by atomic mass is 9.95. The lowest BCUT2D eigenvalue weighted by Crippen LogP contribution is -2.70. The van der Waals surface area contributed by atoms with Gasteiger partial charge in [0, 0.05) is 35.1 Å². The van der Waals surface area contributed by atoms with Crippen LogP contribution in [0.4, 0.5) is 4.79 Å². The Labute approximate surface area is 318 Å². The van der Waals surface area contributed by atoms with E-state index in [4.69, 9.17) is 26.5 Å². The molecule has 1 saturated heterocycles. The monoisotopic (exact) mass is 782 g/mol. The highest BCUT2D eigenvalue weighted by molar-refractivity contribution is 7.90. The maximum Gasteiger partial charge on any atom is 0.434 e. The average molecular weight is 783 g/mol. The van der Waals surface area contributed by atoms with Gasteiger partial charge in [-0.05, 0) is 79.4 Å². The zero-order valence-electron chi connectivity index (χ0n) is 30.9. The molecule has 1 aliphatic rings. The van der Waals surface area contributed by atoms with Crippen molar-refractivity contribution in [3.8, 4) is 5.75 Å². The normalized spacial score (nSPS) is 19.1. The molecule has 0 saturated carbocycles. The molecule has 54 heavy (non-hydrogen) atoms. The van der Waals surface area contributed by atoms with Gasteiger partial charge in [-0.1, -0.05) is 39.3 Å². The number of hydrogen-bond donors (Lipinski definition) is 3. The number of halogens is 1. The number of carbonyl (C=O) groups is 4. The number of oxazole rings is 1. The van der Waals surface area contributed by atoms with E-state index in [9.17, 15) is 27.9 Å². The van der Waals surface area contributed by atoms with Crippen molar-refractivity contribution in [3.63, 3.8) is 0 Å². The number of rotatable bonds is 11. The van der Waals surface area contributed by atoms with Crippen LogP contribution in [0.1, 0.15) is 80.2 Å². The first kappa shape index (κ1) is 40.5. The predicted molar refractivity (Wildman–Crippen MR) is 200 cm³/mol. The number of methoxy groups -OCH3 is 1. The molecule has 0 spiro atoms. The van der Waals surface area contributed by atoms with E-state index in [-0.39, 0.29) is 34.4 Å². The highest BCUT2D eigenvalue weighted by Crippen LogP contribution is 2.37. The first-order valence-electron chi connectivity index (χ1n) is 17.5. The Morgan fingerprint density at radius 3 is 2.19 bits per heavy atom. The van der Waals surface area contributed by atoms with Gasteiger partial charge in [0.2, 0.25) is 5.89 Å². The number of aliphatic hydroxyl groups is 1. The minimum atomic E-state index is -4.26. The molecule has 0 bridgehead atoms. The van der Waals surface area contributed by atoms with Crippen molar-refractivity contribution in [2.75, 3.05) is 13.7 Å². The van der Waals surface area contributed by atoms with Gasteiger partial charge in [0.05, 0.1) is 24.6 Å². The molecule has 4 unspecified atom stereocenters. The summed E-state index contributed by atoms with van der Waals surface area (Å²) >= 11 is 5.87. The number of nitrogens with two attached hydrogens (primary N) is 1. The highest BCUT2D eigenvalue weighted by atomic mass is 35.5. The molecular formula is C38H45ClN5O9S+. The van der Waals surface area contributed by atoms with E-state index in [2.05, 4.69) is 4.98 Å². The Hall–Kier alpha value is -4.67. The largest absolute Gasteiger partial charge is 0.497 e. The summed E-state index contributed by atoms with van der Waals surface area (Å²) in [6, 6.07) is 11.4.